The molecule has 0 saturated carbocycles. The maximum Gasteiger partial charge on any atom is 0.261 e. The summed E-state index contributed by atoms with van der Waals surface area (Å²) in [5.74, 6) is -0.145. The van der Waals surface area contributed by atoms with Gasteiger partial charge in [-0.2, -0.15) is 0 Å². The molecule has 3 atom stereocenters. The van der Waals surface area contributed by atoms with Gasteiger partial charge in [-0.25, -0.2) is 0 Å². The van der Waals surface area contributed by atoms with Crippen LogP contribution in [0.5, 0.6) is 0 Å². The van der Waals surface area contributed by atoms with Crippen molar-refractivity contribution in [3.8, 4) is 0 Å². The summed E-state index contributed by atoms with van der Waals surface area (Å²) in [6, 6.07) is 5.09. The average molecular weight is 331 g/mol. The Morgan fingerprint density at radius 3 is 2.96 bits per heavy atom. The molecule has 23 heavy (non-hydrogen) atoms. The van der Waals surface area contributed by atoms with Gasteiger partial charge in [-0.1, -0.05) is 0 Å². The van der Waals surface area contributed by atoms with E-state index in [0.717, 1.165) is 19.3 Å². The first kappa shape index (κ1) is 14.6. The molecule has 0 spiro atoms. The van der Waals surface area contributed by atoms with Crippen molar-refractivity contribution in [1.82, 2.24) is 14.9 Å². The Kier molecular flexibility index (Phi) is 3.35. The smallest absolute Gasteiger partial charge is 0.261 e. The summed E-state index contributed by atoms with van der Waals surface area (Å²) in [6.45, 7) is 0. The molecule has 2 aliphatic heterocycles. The molecule has 7 heteroatoms. The zero-order valence-corrected chi connectivity index (χ0v) is 13.5. The molecule has 0 aliphatic carbocycles. The Labute approximate surface area is 137 Å². The number of H-pyrrole nitrogens is 1. The summed E-state index contributed by atoms with van der Waals surface area (Å²) in [5.41, 5.74) is 0.923. The van der Waals surface area contributed by atoms with Crippen LogP contribution < -0.4 is 10.9 Å². The predicted molar refractivity (Wildman–Crippen MR) is 88.1 cm³/mol. The number of fused-ring (bicyclic) bond motifs is 3. The van der Waals surface area contributed by atoms with E-state index in [1.54, 1.807) is 25.2 Å². The van der Waals surface area contributed by atoms with E-state index in [-0.39, 0.29) is 23.6 Å². The van der Waals surface area contributed by atoms with Gasteiger partial charge < -0.3 is 15.0 Å². The van der Waals surface area contributed by atoms with Gasteiger partial charge in [0.15, 0.2) is 4.77 Å². The molecule has 2 bridgehead atoms. The third-order valence-corrected chi connectivity index (χ3v) is 5.16. The van der Waals surface area contributed by atoms with Crippen molar-refractivity contribution in [3.05, 3.63) is 38.9 Å². The van der Waals surface area contributed by atoms with Gasteiger partial charge in [0.05, 0.1) is 29.2 Å². The zero-order chi connectivity index (χ0) is 16.1. The van der Waals surface area contributed by atoms with Crippen LogP contribution in [-0.2, 0) is 11.8 Å². The highest BCUT2D eigenvalue weighted by Crippen LogP contribution is 2.34. The predicted octanol–water partition coefficient (Wildman–Crippen LogP) is 1.65. The van der Waals surface area contributed by atoms with E-state index < -0.39 is 0 Å². The quantitative estimate of drug-likeness (QED) is 0.821. The Morgan fingerprint density at radius 1 is 1.43 bits per heavy atom. The first-order valence-corrected chi connectivity index (χ1v) is 8.13. The number of nitrogens with one attached hydrogen (secondary N) is 2. The standard InChI is InChI=1S/C16H17N3O3S/c1-19-15(21)10-4-2-8(6-11(10)18-16(19)23)14(20)17-12-7-9-3-5-13(12)22-9/h2,4,6,9,12-13H,3,5,7H2,1H3,(H,17,20)(H,18,23)/t9-,12-,13-/m1/s1. The molecule has 2 aromatic rings. The van der Waals surface area contributed by atoms with E-state index in [1.807, 2.05) is 0 Å². The van der Waals surface area contributed by atoms with Gasteiger partial charge in [0.25, 0.3) is 11.5 Å². The number of amides is 1. The number of aromatic amines is 1. The molecule has 1 aromatic carbocycles. The van der Waals surface area contributed by atoms with Crippen LogP contribution in [0.2, 0.25) is 0 Å². The Balaban J connectivity index is 1.64. The minimum atomic E-state index is -0.169. The maximum atomic E-state index is 12.5. The highest BCUT2D eigenvalue weighted by Gasteiger charge is 2.41. The number of carbonyl (C=O) groups excluding carboxylic acids is 1. The lowest BCUT2D eigenvalue weighted by Gasteiger charge is -2.20. The third kappa shape index (κ3) is 2.40. The lowest BCUT2D eigenvalue weighted by molar-refractivity contribution is 0.0841. The largest absolute Gasteiger partial charge is 0.373 e. The second kappa shape index (κ2) is 5.28. The molecule has 0 radical (unpaired) electrons. The zero-order valence-electron chi connectivity index (χ0n) is 12.7. The summed E-state index contributed by atoms with van der Waals surface area (Å²) in [5, 5.41) is 3.56. The molecule has 120 valence electrons. The topological polar surface area (TPSA) is 76.1 Å². The number of hydrogen-bond donors (Lipinski definition) is 2. The van der Waals surface area contributed by atoms with Crippen LogP contribution >= 0.6 is 12.2 Å². The molecular formula is C16H17N3O3S. The van der Waals surface area contributed by atoms with E-state index in [9.17, 15) is 9.59 Å². The van der Waals surface area contributed by atoms with E-state index in [2.05, 4.69) is 10.3 Å². The Hall–Kier alpha value is -1.99. The monoisotopic (exact) mass is 331 g/mol. The first-order chi connectivity index (χ1) is 11.0. The minimum Gasteiger partial charge on any atom is -0.373 e. The third-order valence-electron chi connectivity index (χ3n) is 4.79. The number of hydrogen-bond acceptors (Lipinski definition) is 4. The molecule has 6 nitrogen and oxygen atoms in total. The Bertz CT molecular complexity index is 917. The molecule has 2 aliphatic rings. The second-order valence-corrected chi connectivity index (χ2v) is 6.63. The first-order valence-electron chi connectivity index (χ1n) is 7.72. The number of nitrogens with zero attached hydrogens (tertiary/aromatic N) is 1. The fourth-order valence-electron chi connectivity index (χ4n) is 3.49. The van der Waals surface area contributed by atoms with E-state index in [4.69, 9.17) is 17.0 Å². The van der Waals surface area contributed by atoms with Gasteiger partial charge in [-0.3, -0.25) is 14.2 Å². The van der Waals surface area contributed by atoms with Crippen molar-refractivity contribution in [2.45, 2.75) is 37.5 Å². The van der Waals surface area contributed by atoms with Gasteiger partial charge in [0.1, 0.15) is 0 Å². The molecule has 3 heterocycles. The minimum absolute atomic E-state index is 0.0825. The molecule has 2 N–H and O–H groups in total. The number of ether oxygens (including phenoxy) is 1. The van der Waals surface area contributed by atoms with Crippen LogP contribution in [0.1, 0.15) is 29.6 Å². The molecule has 1 aromatic heterocycles. The van der Waals surface area contributed by atoms with Crippen molar-refractivity contribution in [2.24, 2.45) is 7.05 Å². The highest BCUT2D eigenvalue weighted by atomic mass is 32.1. The van der Waals surface area contributed by atoms with E-state index in [0.29, 0.717) is 27.3 Å². The molecule has 1 amide bonds. The molecule has 0 unspecified atom stereocenters. The van der Waals surface area contributed by atoms with Crippen LogP contribution in [0.25, 0.3) is 10.9 Å². The van der Waals surface area contributed by atoms with Gasteiger partial charge >= 0.3 is 0 Å². The summed E-state index contributed by atoms with van der Waals surface area (Å²) < 4.78 is 7.47. The summed E-state index contributed by atoms with van der Waals surface area (Å²) in [7, 11) is 1.62. The van der Waals surface area contributed by atoms with Crippen molar-refractivity contribution < 1.29 is 9.53 Å². The number of carbonyl (C=O) groups is 1. The number of benzene rings is 1. The van der Waals surface area contributed by atoms with E-state index in [1.165, 1.54) is 4.57 Å². The number of rotatable bonds is 2. The van der Waals surface area contributed by atoms with Gasteiger partial charge in [-0.05, 0) is 49.7 Å². The molecular weight excluding hydrogens is 314 g/mol. The van der Waals surface area contributed by atoms with Crippen molar-refractivity contribution >= 4 is 29.0 Å². The summed E-state index contributed by atoms with van der Waals surface area (Å²) in [6.07, 6.45) is 3.42. The summed E-state index contributed by atoms with van der Waals surface area (Å²) >= 11 is 5.12. The van der Waals surface area contributed by atoms with Crippen LogP contribution in [-0.4, -0.2) is 33.7 Å². The molecule has 2 saturated heterocycles. The number of aromatic nitrogens is 2. The lowest BCUT2D eigenvalue weighted by atomic mass is 9.95. The molecule has 4 rings (SSSR count). The van der Waals surface area contributed by atoms with Crippen LogP contribution in [0.15, 0.2) is 23.0 Å². The SMILES string of the molecule is Cn1c(=S)[nH]c2cc(C(=O)N[C@@H]3C[C@H]4CC[C@H]3O4)ccc2c1=O. The average Bonchev–Trinajstić information content (AvgIpc) is 3.15. The van der Waals surface area contributed by atoms with Crippen molar-refractivity contribution in [1.29, 1.82) is 0 Å². The lowest BCUT2D eigenvalue weighted by Crippen LogP contribution is -2.41. The second-order valence-electron chi connectivity index (χ2n) is 6.24. The highest BCUT2D eigenvalue weighted by molar-refractivity contribution is 7.71. The molecule has 2 fully saturated rings. The fourth-order valence-corrected chi connectivity index (χ4v) is 3.68. The van der Waals surface area contributed by atoms with Crippen LogP contribution in [0, 0.1) is 4.77 Å². The van der Waals surface area contributed by atoms with E-state index >= 15 is 0 Å². The van der Waals surface area contributed by atoms with Crippen molar-refractivity contribution in [3.63, 3.8) is 0 Å². The summed E-state index contributed by atoms with van der Waals surface area (Å²) in [4.78, 5) is 27.6. The van der Waals surface area contributed by atoms with Gasteiger partial charge in [-0.15, -0.1) is 0 Å². The normalized spacial score (nSPS) is 25.9. The van der Waals surface area contributed by atoms with Crippen LogP contribution in [0.4, 0.5) is 0 Å². The Morgan fingerprint density at radius 2 is 2.26 bits per heavy atom. The fraction of sp³-hybridized carbons (Fsp3) is 0.438. The van der Waals surface area contributed by atoms with Crippen LogP contribution in [0.3, 0.4) is 0 Å². The van der Waals surface area contributed by atoms with Gasteiger partial charge in [0, 0.05) is 12.6 Å². The maximum absolute atomic E-state index is 12.5. The van der Waals surface area contributed by atoms with Crippen molar-refractivity contribution in [2.75, 3.05) is 0 Å². The van der Waals surface area contributed by atoms with Gasteiger partial charge in [0.2, 0.25) is 0 Å².